The number of amides is 1. The van der Waals surface area contributed by atoms with Crippen LogP contribution in [0.5, 0.6) is 0 Å². The Bertz CT molecular complexity index is 887. The van der Waals surface area contributed by atoms with Gasteiger partial charge in [-0.25, -0.2) is 4.98 Å². The van der Waals surface area contributed by atoms with Gasteiger partial charge in [0.15, 0.2) is 5.82 Å². The van der Waals surface area contributed by atoms with E-state index in [1.54, 1.807) is 6.20 Å². The number of aromatic nitrogens is 3. The number of hydrogen-bond acceptors (Lipinski definition) is 4. The van der Waals surface area contributed by atoms with Gasteiger partial charge in [0.1, 0.15) is 5.82 Å². The first-order chi connectivity index (χ1) is 11.0. The molecule has 7 heteroatoms. The molecule has 0 aliphatic carbocycles. The molecule has 3 rings (SSSR count). The quantitative estimate of drug-likeness (QED) is 0.653. The topological polar surface area (TPSA) is 96.7 Å². The number of aromatic amines is 1. The molecule has 0 saturated carbocycles. The fourth-order valence-corrected chi connectivity index (χ4v) is 2.76. The summed E-state index contributed by atoms with van der Waals surface area (Å²) < 4.78 is 0.874. The number of nitrogens with zero attached hydrogens (tertiary/aromatic N) is 2. The van der Waals surface area contributed by atoms with E-state index in [1.165, 1.54) is 0 Å². The van der Waals surface area contributed by atoms with Gasteiger partial charge in [0, 0.05) is 22.0 Å². The van der Waals surface area contributed by atoms with Crippen LogP contribution in [0.25, 0.3) is 22.0 Å². The van der Waals surface area contributed by atoms with Crippen LogP contribution in [0.1, 0.15) is 13.8 Å². The molecular formula is C16H16BrN5O. The lowest BCUT2D eigenvalue weighted by atomic mass is 10.0. The number of halogens is 1. The third-order valence-corrected chi connectivity index (χ3v) is 4.15. The predicted octanol–water partition coefficient (Wildman–Crippen LogP) is 3.56. The predicted molar refractivity (Wildman–Crippen MR) is 94.9 cm³/mol. The average Bonchev–Trinajstić information content (AvgIpc) is 2.89. The smallest absolute Gasteiger partial charge is 0.228 e. The van der Waals surface area contributed by atoms with Crippen molar-refractivity contribution >= 4 is 44.4 Å². The van der Waals surface area contributed by atoms with Crippen LogP contribution in [0.2, 0.25) is 0 Å². The number of nitrogens with one attached hydrogen (secondary N) is 2. The summed E-state index contributed by atoms with van der Waals surface area (Å²) >= 11 is 3.52. The molecule has 23 heavy (non-hydrogen) atoms. The molecule has 0 atom stereocenters. The summed E-state index contributed by atoms with van der Waals surface area (Å²) in [7, 11) is 0. The van der Waals surface area contributed by atoms with Crippen LogP contribution in [0, 0.1) is 5.92 Å². The van der Waals surface area contributed by atoms with E-state index in [-0.39, 0.29) is 11.8 Å². The second-order valence-corrected chi connectivity index (χ2v) is 6.42. The third-order valence-electron chi connectivity index (χ3n) is 3.52. The van der Waals surface area contributed by atoms with Gasteiger partial charge >= 0.3 is 0 Å². The fraction of sp³-hybridized carbons (Fsp3) is 0.188. The first kappa shape index (κ1) is 15.5. The van der Waals surface area contributed by atoms with Crippen LogP contribution >= 0.6 is 15.9 Å². The molecule has 0 bridgehead atoms. The highest BCUT2D eigenvalue weighted by molar-refractivity contribution is 9.10. The summed E-state index contributed by atoms with van der Waals surface area (Å²) in [6.07, 6.45) is 1.67. The molecule has 2 heterocycles. The zero-order chi connectivity index (χ0) is 16.6. The van der Waals surface area contributed by atoms with Crippen molar-refractivity contribution in [3.8, 4) is 11.1 Å². The van der Waals surface area contributed by atoms with Crippen molar-refractivity contribution in [1.82, 2.24) is 15.2 Å². The van der Waals surface area contributed by atoms with Crippen LogP contribution in [-0.4, -0.2) is 21.1 Å². The number of hydrogen-bond donors (Lipinski definition) is 3. The molecular weight excluding hydrogens is 358 g/mol. The first-order valence-corrected chi connectivity index (χ1v) is 7.95. The van der Waals surface area contributed by atoms with Crippen molar-refractivity contribution in [3.63, 3.8) is 0 Å². The molecule has 0 aliphatic heterocycles. The van der Waals surface area contributed by atoms with Crippen molar-refractivity contribution in [2.24, 2.45) is 5.92 Å². The van der Waals surface area contributed by atoms with E-state index in [4.69, 9.17) is 5.73 Å². The third kappa shape index (κ3) is 3.05. The minimum absolute atomic E-state index is 0.0645. The second kappa shape index (κ2) is 6.00. The van der Waals surface area contributed by atoms with Gasteiger partial charge < -0.3 is 11.1 Å². The Labute approximate surface area is 141 Å². The number of nitrogen functional groups attached to an aromatic ring is 1. The molecule has 3 aromatic rings. The molecule has 4 N–H and O–H groups in total. The van der Waals surface area contributed by atoms with Crippen LogP contribution in [0.15, 0.2) is 34.9 Å². The highest BCUT2D eigenvalue weighted by Crippen LogP contribution is 2.32. The largest absolute Gasteiger partial charge is 0.382 e. The molecule has 6 nitrogen and oxygen atoms in total. The maximum Gasteiger partial charge on any atom is 0.228 e. The zero-order valence-electron chi connectivity index (χ0n) is 12.7. The molecule has 1 amide bonds. The molecule has 2 aromatic heterocycles. The maximum absolute atomic E-state index is 11.8. The number of benzene rings is 1. The Morgan fingerprint density at radius 2 is 2.09 bits per heavy atom. The van der Waals surface area contributed by atoms with Crippen molar-refractivity contribution in [3.05, 3.63) is 34.9 Å². The number of H-pyrrole nitrogens is 1. The lowest BCUT2D eigenvalue weighted by Crippen LogP contribution is -2.18. The highest BCUT2D eigenvalue weighted by atomic mass is 79.9. The van der Waals surface area contributed by atoms with Crippen LogP contribution < -0.4 is 11.1 Å². The summed E-state index contributed by atoms with van der Waals surface area (Å²) in [4.78, 5) is 16.0. The molecule has 0 unspecified atom stereocenters. The molecule has 0 aliphatic rings. The number of pyridine rings is 1. The normalized spacial score (nSPS) is 11.1. The van der Waals surface area contributed by atoms with Gasteiger partial charge in [-0.15, -0.1) is 0 Å². The summed E-state index contributed by atoms with van der Waals surface area (Å²) in [6, 6.07) is 7.66. The second-order valence-electron chi connectivity index (χ2n) is 5.56. The molecule has 118 valence electrons. The molecule has 0 radical (unpaired) electrons. The van der Waals surface area contributed by atoms with E-state index in [0.717, 1.165) is 26.5 Å². The summed E-state index contributed by atoms with van der Waals surface area (Å²) in [5.41, 5.74) is 8.63. The summed E-state index contributed by atoms with van der Waals surface area (Å²) in [5.74, 6) is 0.810. The van der Waals surface area contributed by atoms with Crippen molar-refractivity contribution in [1.29, 1.82) is 0 Å². The van der Waals surface area contributed by atoms with Gasteiger partial charge in [-0.1, -0.05) is 13.8 Å². The van der Waals surface area contributed by atoms with Crippen molar-refractivity contribution < 1.29 is 4.79 Å². The Kier molecular flexibility index (Phi) is 4.04. The minimum Gasteiger partial charge on any atom is -0.382 e. The number of carbonyl (C=O) groups is 1. The van der Waals surface area contributed by atoms with Gasteiger partial charge in [-0.3, -0.25) is 9.89 Å². The Morgan fingerprint density at radius 1 is 1.30 bits per heavy atom. The van der Waals surface area contributed by atoms with E-state index in [2.05, 4.69) is 36.4 Å². The summed E-state index contributed by atoms with van der Waals surface area (Å²) in [6.45, 7) is 3.68. The van der Waals surface area contributed by atoms with Crippen LogP contribution in [-0.2, 0) is 4.79 Å². The number of rotatable bonds is 3. The number of nitrogens with two attached hydrogens (primary N) is 1. The van der Waals surface area contributed by atoms with Crippen LogP contribution in [0.3, 0.4) is 0 Å². The summed E-state index contributed by atoms with van der Waals surface area (Å²) in [5, 5.41) is 10.6. The molecule has 0 fully saturated rings. The fourth-order valence-electron chi connectivity index (χ4n) is 2.21. The van der Waals surface area contributed by atoms with Gasteiger partial charge in [0.05, 0.1) is 5.52 Å². The van der Waals surface area contributed by atoms with Gasteiger partial charge in [-0.2, -0.15) is 5.10 Å². The monoisotopic (exact) mass is 373 g/mol. The molecule has 0 saturated heterocycles. The van der Waals surface area contributed by atoms with Gasteiger partial charge in [0.2, 0.25) is 5.91 Å². The van der Waals surface area contributed by atoms with E-state index < -0.39 is 0 Å². The van der Waals surface area contributed by atoms with E-state index in [1.807, 2.05) is 38.1 Å². The number of fused-ring (bicyclic) bond motifs is 1. The Balaban J connectivity index is 2.02. The first-order valence-electron chi connectivity index (χ1n) is 7.16. The molecule has 0 spiro atoms. The van der Waals surface area contributed by atoms with E-state index in [9.17, 15) is 4.79 Å². The lowest BCUT2D eigenvalue weighted by molar-refractivity contribution is -0.118. The zero-order valence-corrected chi connectivity index (χ0v) is 14.3. The Morgan fingerprint density at radius 3 is 2.83 bits per heavy atom. The van der Waals surface area contributed by atoms with Crippen molar-refractivity contribution in [2.45, 2.75) is 13.8 Å². The highest BCUT2D eigenvalue weighted by Gasteiger charge is 2.11. The minimum atomic E-state index is -0.100. The van der Waals surface area contributed by atoms with E-state index >= 15 is 0 Å². The van der Waals surface area contributed by atoms with E-state index in [0.29, 0.717) is 11.6 Å². The lowest BCUT2D eigenvalue weighted by Gasteiger charge is -2.09. The van der Waals surface area contributed by atoms with Gasteiger partial charge in [-0.05, 0) is 51.3 Å². The molecule has 1 aromatic carbocycles. The van der Waals surface area contributed by atoms with Gasteiger partial charge in [0.25, 0.3) is 0 Å². The Hall–Kier alpha value is -2.41. The average molecular weight is 374 g/mol. The number of anilines is 2. The SMILES string of the molecule is CC(C)C(=O)Nc1cc(-c2cc(Br)c3[nH]nc(N)c3c2)ccn1. The van der Waals surface area contributed by atoms with Crippen LogP contribution in [0.4, 0.5) is 11.6 Å². The maximum atomic E-state index is 11.8. The van der Waals surface area contributed by atoms with Crippen molar-refractivity contribution in [2.75, 3.05) is 11.1 Å². The number of carbonyl (C=O) groups excluding carboxylic acids is 1. The standard InChI is InChI=1S/C16H16BrN5O/c1-8(2)16(23)20-13-7-9(3-4-19-13)10-5-11-14(12(17)6-10)21-22-15(11)18/h3-8H,1-2H3,(H3,18,21,22)(H,19,20,23).